The van der Waals surface area contributed by atoms with Crippen LogP contribution in [0.4, 0.5) is 4.39 Å². The second-order valence-corrected chi connectivity index (χ2v) is 6.57. The zero-order valence-electron chi connectivity index (χ0n) is 14.5. The van der Waals surface area contributed by atoms with Gasteiger partial charge in [0, 0.05) is 12.6 Å². The minimum Gasteiger partial charge on any atom is -0.348 e. The SMILES string of the molecule is CC(C)C[C@@H](CN(C)C)NC(=O)c1cc(-n2ccnn2)ccc1F. The third-order valence-corrected chi connectivity index (χ3v) is 3.56. The number of carbonyl (C=O) groups excluding carboxylic acids is 1. The van der Waals surface area contributed by atoms with E-state index in [1.165, 1.54) is 23.0 Å². The maximum absolute atomic E-state index is 14.1. The van der Waals surface area contributed by atoms with Crippen LogP contribution < -0.4 is 5.32 Å². The Balaban J connectivity index is 2.19. The van der Waals surface area contributed by atoms with E-state index in [4.69, 9.17) is 0 Å². The van der Waals surface area contributed by atoms with Crippen molar-refractivity contribution in [1.29, 1.82) is 0 Å². The third-order valence-electron chi connectivity index (χ3n) is 3.56. The van der Waals surface area contributed by atoms with E-state index in [-0.39, 0.29) is 11.6 Å². The lowest BCUT2D eigenvalue weighted by Crippen LogP contribution is -2.42. The molecule has 0 fully saturated rings. The van der Waals surface area contributed by atoms with Gasteiger partial charge in [-0.05, 0) is 44.6 Å². The molecule has 2 rings (SSSR count). The predicted molar refractivity (Wildman–Crippen MR) is 90.6 cm³/mol. The zero-order chi connectivity index (χ0) is 17.7. The Morgan fingerprint density at radius 2 is 2.12 bits per heavy atom. The Labute approximate surface area is 141 Å². The molecule has 1 amide bonds. The number of rotatable bonds is 7. The number of benzene rings is 1. The van der Waals surface area contributed by atoms with Crippen molar-refractivity contribution in [1.82, 2.24) is 25.2 Å². The number of nitrogens with zero attached hydrogens (tertiary/aromatic N) is 4. The van der Waals surface area contributed by atoms with Crippen molar-refractivity contribution in [2.75, 3.05) is 20.6 Å². The molecule has 0 saturated carbocycles. The van der Waals surface area contributed by atoms with E-state index in [1.807, 2.05) is 19.0 Å². The van der Waals surface area contributed by atoms with Crippen LogP contribution in [-0.4, -0.2) is 52.5 Å². The van der Waals surface area contributed by atoms with Crippen molar-refractivity contribution in [3.8, 4) is 5.69 Å². The third kappa shape index (κ3) is 4.86. The van der Waals surface area contributed by atoms with E-state index >= 15 is 0 Å². The molecule has 0 bridgehead atoms. The van der Waals surface area contributed by atoms with Gasteiger partial charge in [0.15, 0.2) is 0 Å². The van der Waals surface area contributed by atoms with Crippen LogP contribution in [0.5, 0.6) is 0 Å². The lowest BCUT2D eigenvalue weighted by Gasteiger charge is -2.24. The van der Waals surface area contributed by atoms with Crippen LogP contribution >= 0.6 is 0 Å². The molecule has 1 N–H and O–H groups in total. The number of carbonyl (C=O) groups is 1. The van der Waals surface area contributed by atoms with Gasteiger partial charge in [0.05, 0.1) is 23.6 Å². The first kappa shape index (κ1) is 18.1. The topological polar surface area (TPSA) is 63.1 Å². The number of aromatic nitrogens is 3. The lowest BCUT2D eigenvalue weighted by molar-refractivity contribution is 0.0920. The highest BCUT2D eigenvalue weighted by atomic mass is 19.1. The van der Waals surface area contributed by atoms with Gasteiger partial charge in [-0.2, -0.15) is 0 Å². The molecule has 0 radical (unpaired) electrons. The first-order valence-electron chi connectivity index (χ1n) is 7.98. The van der Waals surface area contributed by atoms with Gasteiger partial charge in [0.25, 0.3) is 5.91 Å². The van der Waals surface area contributed by atoms with Gasteiger partial charge >= 0.3 is 0 Å². The molecule has 2 aromatic rings. The van der Waals surface area contributed by atoms with E-state index < -0.39 is 11.7 Å². The second kappa shape index (κ2) is 8.01. The summed E-state index contributed by atoms with van der Waals surface area (Å²) in [4.78, 5) is 14.6. The van der Waals surface area contributed by atoms with Crippen molar-refractivity contribution in [2.24, 2.45) is 5.92 Å². The average Bonchev–Trinajstić information content (AvgIpc) is 3.00. The molecule has 1 atom stereocenters. The summed E-state index contributed by atoms with van der Waals surface area (Å²) in [7, 11) is 3.90. The Kier molecular flexibility index (Phi) is 6.03. The molecule has 0 spiro atoms. The van der Waals surface area contributed by atoms with Crippen LogP contribution in [0.15, 0.2) is 30.6 Å². The van der Waals surface area contributed by atoms with Crippen LogP contribution in [0, 0.1) is 11.7 Å². The van der Waals surface area contributed by atoms with Crippen molar-refractivity contribution >= 4 is 5.91 Å². The normalized spacial score (nSPS) is 12.6. The summed E-state index contributed by atoms with van der Waals surface area (Å²) in [6.45, 7) is 4.90. The van der Waals surface area contributed by atoms with Gasteiger partial charge in [-0.3, -0.25) is 4.79 Å². The first-order valence-corrected chi connectivity index (χ1v) is 7.98. The van der Waals surface area contributed by atoms with Gasteiger partial charge in [0.2, 0.25) is 0 Å². The number of hydrogen-bond acceptors (Lipinski definition) is 4. The largest absolute Gasteiger partial charge is 0.348 e. The maximum Gasteiger partial charge on any atom is 0.254 e. The molecule has 24 heavy (non-hydrogen) atoms. The van der Waals surface area contributed by atoms with Crippen LogP contribution in [0.25, 0.3) is 5.69 Å². The Morgan fingerprint density at radius 1 is 1.38 bits per heavy atom. The van der Waals surface area contributed by atoms with E-state index in [1.54, 1.807) is 12.3 Å². The molecule has 0 aliphatic carbocycles. The molecule has 1 aromatic heterocycles. The standard InChI is InChI=1S/C17H24FN5O/c1-12(2)9-13(11-22(3)4)20-17(24)15-10-14(5-6-16(15)18)23-8-7-19-21-23/h5-8,10,12-13H,9,11H2,1-4H3,(H,20,24)/t13-/m0/s1. The summed E-state index contributed by atoms with van der Waals surface area (Å²) in [6, 6.07) is 4.28. The maximum atomic E-state index is 14.1. The molecule has 0 aliphatic heterocycles. The minimum absolute atomic E-state index is 0.00973. The lowest BCUT2D eigenvalue weighted by atomic mass is 10.0. The smallest absolute Gasteiger partial charge is 0.254 e. The summed E-state index contributed by atoms with van der Waals surface area (Å²) in [5, 5.41) is 10.5. The number of halogens is 1. The molecule has 1 aromatic carbocycles. The van der Waals surface area contributed by atoms with Crippen molar-refractivity contribution < 1.29 is 9.18 Å². The summed E-state index contributed by atoms with van der Waals surface area (Å²) < 4.78 is 15.6. The highest BCUT2D eigenvalue weighted by Gasteiger charge is 2.19. The fourth-order valence-electron chi connectivity index (χ4n) is 2.63. The molecule has 0 saturated heterocycles. The first-order chi connectivity index (χ1) is 11.4. The number of amides is 1. The Morgan fingerprint density at radius 3 is 2.71 bits per heavy atom. The van der Waals surface area contributed by atoms with E-state index in [0.717, 1.165) is 6.42 Å². The van der Waals surface area contributed by atoms with E-state index in [9.17, 15) is 9.18 Å². The summed E-state index contributed by atoms with van der Waals surface area (Å²) in [5.41, 5.74) is 0.600. The van der Waals surface area contributed by atoms with Crippen molar-refractivity contribution in [3.05, 3.63) is 42.0 Å². The van der Waals surface area contributed by atoms with E-state index in [2.05, 4.69) is 29.5 Å². The van der Waals surface area contributed by atoms with Crippen LogP contribution in [0.2, 0.25) is 0 Å². The summed E-state index contributed by atoms with van der Waals surface area (Å²) in [6.07, 6.45) is 4.00. The second-order valence-electron chi connectivity index (χ2n) is 6.57. The van der Waals surface area contributed by atoms with Crippen LogP contribution in [0.1, 0.15) is 30.6 Å². The summed E-state index contributed by atoms with van der Waals surface area (Å²) >= 11 is 0. The predicted octanol–water partition coefficient (Wildman–Crippen LogP) is 2.11. The van der Waals surface area contributed by atoms with Gasteiger partial charge in [-0.15, -0.1) is 5.10 Å². The molecule has 6 nitrogen and oxygen atoms in total. The van der Waals surface area contributed by atoms with Gasteiger partial charge in [-0.1, -0.05) is 19.1 Å². The number of likely N-dealkylation sites (N-methyl/N-ethyl adjacent to an activating group) is 1. The highest BCUT2D eigenvalue weighted by Crippen LogP contribution is 2.15. The zero-order valence-corrected chi connectivity index (χ0v) is 14.5. The van der Waals surface area contributed by atoms with Crippen molar-refractivity contribution in [3.63, 3.8) is 0 Å². The van der Waals surface area contributed by atoms with Crippen LogP contribution in [0.3, 0.4) is 0 Å². The van der Waals surface area contributed by atoms with E-state index in [0.29, 0.717) is 18.2 Å². The number of nitrogens with one attached hydrogen (secondary N) is 1. The fourth-order valence-corrected chi connectivity index (χ4v) is 2.63. The molecule has 0 unspecified atom stereocenters. The highest BCUT2D eigenvalue weighted by molar-refractivity contribution is 5.95. The molecule has 7 heteroatoms. The molecular formula is C17H24FN5O. The van der Waals surface area contributed by atoms with Gasteiger partial charge in [-0.25, -0.2) is 9.07 Å². The van der Waals surface area contributed by atoms with Crippen molar-refractivity contribution in [2.45, 2.75) is 26.3 Å². The fraction of sp³-hybridized carbons (Fsp3) is 0.471. The summed E-state index contributed by atoms with van der Waals surface area (Å²) in [5.74, 6) is -0.534. The molecule has 1 heterocycles. The average molecular weight is 333 g/mol. The molecular weight excluding hydrogens is 309 g/mol. The quantitative estimate of drug-likeness (QED) is 0.843. The van der Waals surface area contributed by atoms with Gasteiger partial charge < -0.3 is 10.2 Å². The number of hydrogen-bond donors (Lipinski definition) is 1. The monoisotopic (exact) mass is 333 g/mol. The Bertz CT molecular complexity index is 660. The van der Waals surface area contributed by atoms with Gasteiger partial charge in [0.1, 0.15) is 5.82 Å². The molecule has 130 valence electrons. The Hall–Kier alpha value is -2.28. The minimum atomic E-state index is -0.551. The van der Waals surface area contributed by atoms with Crippen LogP contribution in [-0.2, 0) is 0 Å². The molecule has 0 aliphatic rings.